The van der Waals surface area contributed by atoms with Crippen molar-refractivity contribution in [1.82, 2.24) is 15.0 Å². The summed E-state index contributed by atoms with van der Waals surface area (Å²) in [5.74, 6) is 1.01. The monoisotopic (exact) mass is 446 g/mol. The van der Waals surface area contributed by atoms with Crippen molar-refractivity contribution in [2.24, 2.45) is 5.92 Å². The number of benzene rings is 2. The van der Waals surface area contributed by atoms with Crippen molar-refractivity contribution >= 4 is 29.2 Å². The molecule has 8 nitrogen and oxygen atoms in total. The van der Waals surface area contributed by atoms with Crippen molar-refractivity contribution in [3.63, 3.8) is 0 Å². The van der Waals surface area contributed by atoms with Crippen LogP contribution in [0.5, 0.6) is 0 Å². The summed E-state index contributed by atoms with van der Waals surface area (Å²) < 4.78 is 6.09. The van der Waals surface area contributed by atoms with Crippen molar-refractivity contribution in [3.8, 4) is 0 Å². The van der Waals surface area contributed by atoms with E-state index in [4.69, 9.17) is 4.74 Å². The number of hydrogen-bond acceptors (Lipinski definition) is 7. The molecule has 0 radical (unpaired) electrons. The van der Waals surface area contributed by atoms with Crippen LogP contribution in [0.4, 0.5) is 23.3 Å². The third-order valence-electron chi connectivity index (χ3n) is 5.52. The fourth-order valence-corrected chi connectivity index (χ4v) is 3.60. The quantitative estimate of drug-likeness (QED) is 0.530. The Hall–Kier alpha value is -3.52. The normalized spacial score (nSPS) is 14.3. The van der Waals surface area contributed by atoms with Gasteiger partial charge >= 0.3 is 0 Å². The molecule has 1 aromatic heterocycles. The highest BCUT2D eigenvalue weighted by Crippen LogP contribution is 2.22. The van der Waals surface area contributed by atoms with Gasteiger partial charge in [-0.1, -0.05) is 50.2 Å². The minimum Gasteiger partial charge on any atom is -0.373 e. The fourth-order valence-electron chi connectivity index (χ4n) is 3.60. The zero-order chi connectivity index (χ0) is 23.0. The molecule has 33 heavy (non-hydrogen) atoms. The van der Waals surface area contributed by atoms with Crippen LogP contribution in [0.25, 0.3) is 0 Å². The van der Waals surface area contributed by atoms with Gasteiger partial charge in [-0.2, -0.15) is 4.98 Å². The molecular weight excluding hydrogens is 416 g/mol. The third kappa shape index (κ3) is 6.49. The lowest BCUT2D eigenvalue weighted by molar-refractivity contribution is -0.118. The van der Waals surface area contributed by atoms with Gasteiger partial charge in [0.2, 0.25) is 17.8 Å². The molecule has 8 heteroatoms. The van der Waals surface area contributed by atoms with Gasteiger partial charge in [0.1, 0.15) is 6.33 Å². The SMILES string of the molecule is CC(C)C(=O)Nc1cccc(Nc2ncnc(N3CCC(OCc4ccccc4)CC3)n2)c1. The lowest BCUT2D eigenvalue weighted by Crippen LogP contribution is -2.38. The summed E-state index contributed by atoms with van der Waals surface area (Å²) in [4.78, 5) is 27.3. The molecule has 0 saturated carbocycles. The van der Waals surface area contributed by atoms with E-state index in [0.717, 1.165) is 37.3 Å². The molecule has 0 atom stereocenters. The number of nitrogens with one attached hydrogen (secondary N) is 2. The molecule has 1 fully saturated rings. The maximum atomic E-state index is 12.0. The lowest BCUT2D eigenvalue weighted by Gasteiger charge is -2.31. The first-order valence-electron chi connectivity index (χ1n) is 11.3. The molecule has 1 aliphatic rings. The molecule has 172 valence electrons. The number of ether oxygens (including phenoxy) is 1. The topological polar surface area (TPSA) is 92.3 Å². The van der Waals surface area contributed by atoms with Gasteiger partial charge in [0.05, 0.1) is 12.7 Å². The van der Waals surface area contributed by atoms with Crippen LogP contribution < -0.4 is 15.5 Å². The Kier molecular flexibility index (Phi) is 7.47. The minimum atomic E-state index is -0.0828. The molecule has 4 rings (SSSR count). The van der Waals surface area contributed by atoms with Gasteiger partial charge in [-0.25, -0.2) is 9.97 Å². The maximum Gasteiger partial charge on any atom is 0.231 e. The van der Waals surface area contributed by atoms with E-state index in [1.165, 1.54) is 11.9 Å². The Morgan fingerprint density at radius 1 is 1.06 bits per heavy atom. The van der Waals surface area contributed by atoms with Gasteiger partial charge < -0.3 is 20.3 Å². The predicted octanol–water partition coefficient (Wildman–Crippen LogP) is 4.40. The first kappa shape index (κ1) is 22.7. The van der Waals surface area contributed by atoms with E-state index in [9.17, 15) is 4.79 Å². The Morgan fingerprint density at radius 2 is 1.82 bits per heavy atom. The second-order valence-corrected chi connectivity index (χ2v) is 8.44. The number of carbonyl (C=O) groups is 1. The van der Waals surface area contributed by atoms with Crippen LogP contribution in [-0.2, 0) is 16.1 Å². The third-order valence-corrected chi connectivity index (χ3v) is 5.52. The molecule has 1 amide bonds. The van der Waals surface area contributed by atoms with Gasteiger partial charge in [0.25, 0.3) is 0 Å². The predicted molar refractivity (Wildman–Crippen MR) is 129 cm³/mol. The summed E-state index contributed by atoms with van der Waals surface area (Å²) >= 11 is 0. The van der Waals surface area contributed by atoms with E-state index in [2.05, 4.69) is 42.6 Å². The molecule has 0 unspecified atom stereocenters. The zero-order valence-corrected chi connectivity index (χ0v) is 19.1. The van der Waals surface area contributed by atoms with Crippen molar-refractivity contribution in [1.29, 1.82) is 0 Å². The molecule has 2 aromatic carbocycles. The Morgan fingerprint density at radius 3 is 2.58 bits per heavy atom. The minimum absolute atomic E-state index is 0.0225. The lowest BCUT2D eigenvalue weighted by atomic mass is 10.1. The summed E-state index contributed by atoms with van der Waals surface area (Å²) in [5, 5.41) is 6.11. The largest absolute Gasteiger partial charge is 0.373 e. The Bertz CT molecular complexity index is 1050. The van der Waals surface area contributed by atoms with E-state index in [0.29, 0.717) is 18.5 Å². The number of rotatable bonds is 8. The van der Waals surface area contributed by atoms with Crippen LogP contribution in [0, 0.1) is 5.92 Å². The van der Waals surface area contributed by atoms with Crippen LogP contribution in [0.2, 0.25) is 0 Å². The molecule has 3 aromatic rings. The van der Waals surface area contributed by atoms with Gasteiger partial charge in [0.15, 0.2) is 0 Å². The molecular formula is C25H30N6O2. The van der Waals surface area contributed by atoms with Gasteiger partial charge in [0, 0.05) is 30.4 Å². The Balaban J connectivity index is 1.32. The molecule has 0 bridgehead atoms. The molecule has 0 aliphatic carbocycles. The highest BCUT2D eigenvalue weighted by atomic mass is 16.5. The first-order chi connectivity index (χ1) is 16.1. The van der Waals surface area contributed by atoms with E-state index in [1.807, 2.05) is 56.3 Å². The van der Waals surface area contributed by atoms with Crippen LogP contribution in [0.1, 0.15) is 32.3 Å². The number of piperidine rings is 1. The van der Waals surface area contributed by atoms with Crippen molar-refractivity contribution in [2.45, 2.75) is 39.4 Å². The summed E-state index contributed by atoms with van der Waals surface area (Å²) in [7, 11) is 0. The first-order valence-corrected chi connectivity index (χ1v) is 11.3. The fraction of sp³-hybridized carbons (Fsp3) is 0.360. The van der Waals surface area contributed by atoms with Gasteiger partial charge in [-0.3, -0.25) is 4.79 Å². The molecule has 1 saturated heterocycles. The summed E-state index contributed by atoms with van der Waals surface area (Å²) in [5.41, 5.74) is 2.72. The average molecular weight is 447 g/mol. The van der Waals surface area contributed by atoms with E-state index in [1.54, 1.807) is 0 Å². The van der Waals surface area contributed by atoms with Crippen molar-refractivity contribution in [2.75, 3.05) is 28.6 Å². The van der Waals surface area contributed by atoms with Gasteiger partial charge in [-0.05, 0) is 36.6 Å². The zero-order valence-electron chi connectivity index (χ0n) is 19.1. The highest BCUT2D eigenvalue weighted by Gasteiger charge is 2.22. The van der Waals surface area contributed by atoms with Crippen LogP contribution >= 0.6 is 0 Å². The number of anilines is 4. The molecule has 1 aliphatic heterocycles. The number of aromatic nitrogens is 3. The van der Waals surface area contributed by atoms with Crippen molar-refractivity contribution < 1.29 is 9.53 Å². The molecule has 0 spiro atoms. The number of nitrogens with zero attached hydrogens (tertiary/aromatic N) is 4. The van der Waals surface area contributed by atoms with Crippen LogP contribution in [0.3, 0.4) is 0 Å². The second kappa shape index (κ2) is 10.9. The van der Waals surface area contributed by atoms with E-state index < -0.39 is 0 Å². The van der Waals surface area contributed by atoms with Crippen molar-refractivity contribution in [3.05, 3.63) is 66.5 Å². The van der Waals surface area contributed by atoms with Crippen LogP contribution in [0.15, 0.2) is 60.9 Å². The number of carbonyl (C=O) groups excluding carboxylic acids is 1. The maximum absolute atomic E-state index is 12.0. The van der Waals surface area contributed by atoms with Gasteiger partial charge in [-0.15, -0.1) is 0 Å². The number of amides is 1. The summed E-state index contributed by atoms with van der Waals surface area (Å²) in [6.45, 7) is 6.03. The molecule has 2 N–H and O–H groups in total. The summed E-state index contributed by atoms with van der Waals surface area (Å²) in [6.07, 6.45) is 3.62. The smallest absolute Gasteiger partial charge is 0.231 e. The Labute approximate surface area is 194 Å². The van der Waals surface area contributed by atoms with E-state index in [-0.39, 0.29) is 17.9 Å². The molecule has 2 heterocycles. The summed E-state index contributed by atoms with van der Waals surface area (Å²) in [6, 6.07) is 17.8. The standard InChI is InChI=1S/C25H30N6O2/c1-18(2)23(32)28-20-9-6-10-21(15-20)29-24-26-17-27-25(30-24)31-13-11-22(12-14-31)33-16-19-7-4-3-5-8-19/h3-10,15,17-18,22H,11-14,16H2,1-2H3,(H,28,32)(H,26,27,29,30). The highest BCUT2D eigenvalue weighted by molar-refractivity contribution is 5.92. The second-order valence-electron chi connectivity index (χ2n) is 8.44. The van der Waals surface area contributed by atoms with Crippen LogP contribution in [-0.4, -0.2) is 40.1 Å². The van der Waals surface area contributed by atoms with E-state index >= 15 is 0 Å². The number of hydrogen-bond donors (Lipinski definition) is 2. The average Bonchev–Trinajstić information content (AvgIpc) is 2.84.